The number of carboxylic acid groups (broad SMARTS) is 1. The minimum atomic E-state index is -4.68. The first-order valence-electron chi connectivity index (χ1n) is 8.46. The summed E-state index contributed by atoms with van der Waals surface area (Å²) in [6.07, 6.45) is -4.85. The van der Waals surface area contributed by atoms with Gasteiger partial charge in [0.05, 0.1) is 11.8 Å². The summed E-state index contributed by atoms with van der Waals surface area (Å²) in [5.74, 6) is -6.16. The first kappa shape index (κ1) is 20.7. The lowest BCUT2D eigenvalue weighted by Gasteiger charge is -2.23. The summed E-state index contributed by atoms with van der Waals surface area (Å²) < 4.78 is 39.0. The molecule has 0 unspecified atom stereocenters. The Labute approximate surface area is 154 Å². The molecule has 1 aromatic rings. The number of halogens is 3. The van der Waals surface area contributed by atoms with E-state index in [4.69, 9.17) is 5.11 Å². The molecule has 2 amide bonds. The molecule has 0 bridgehead atoms. The molecule has 1 aromatic carbocycles. The second-order valence-corrected chi connectivity index (χ2v) is 6.57. The van der Waals surface area contributed by atoms with Gasteiger partial charge in [-0.25, -0.2) is 0 Å². The first-order valence-corrected chi connectivity index (χ1v) is 8.46. The van der Waals surface area contributed by atoms with Crippen molar-refractivity contribution in [2.24, 2.45) is 11.8 Å². The number of nitrogens with zero attached hydrogens (tertiary/aromatic N) is 2. The van der Waals surface area contributed by atoms with E-state index in [-0.39, 0.29) is 25.4 Å². The Morgan fingerprint density at radius 1 is 1.19 bits per heavy atom. The van der Waals surface area contributed by atoms with Gasteiger partial charge in [-0.1, -0.05) is 30.3 Å². The predicted molar refractivity (Wildman–Crippen MR) is 89.4 cm³/mol. The van der Waals surface area contributed by atoms with Gasteiger partial charge in [-0.15, -0.1) is 0 Å². The Morgan fingerprint density at radius 2 is 1.81 bits per heavy atom. The summed E-state index contributed by atoms with van der Waals surface area (Å²) in [5.41, 5.74) is 0.865. The van der Waals surface area contributed by atoms with Gasteiger partial charge >= 0.3 is 12.1 Å². The van der Waals surface area contributed by atoms with E-state index >= 15 is 0 Å². The van der Waals surface area contributed by atoms with Crippen LogP contribution >= 0.6 is 0 Å². The smallest absolute Gasteiger partial charge is 0.394 e. The lowest BCUT2D eigenvalue weighted by Crippen LogP contribution is -2.36. The van der Waals surface area contributed by atoms with Crippen LogP contribution in [0.25, 0.3) is 0 Å². The van der Waals surface area contributed by atoms with Gasteiger partial charge < -0.3 is 14.9 Å². The number of carbonyl (C=O) groups is 3. The molecule has 9 heteroatoms. The molecule has 1 saturated heterocycles. The van der Waals surface area contributed by atoms with Crippen molar-refractivity contribution in [3.63, 3.8) is 0 Å². The molecular weight excluding hydrogens is 365 g/mol. The van der Waals surface area contributed by atoms with Gasteiger partial charge in [-0.2, -0.15) is 13.2 Å². The van der Waals surface area contributed by atoms with Gasteiger partial charge in [-0.3, -0.25) is 14.4 Å². The summed E-state index contributed by atoms with van der Waals surface area (Å²) in [4.78, 5) is 37.5. The minimum absolute atomic E-state index is 0.0496. The van der Waals surface area contributed by atoms with E-state index in [1.807, 2.05) is 30.3 Å². The van der Waals surface area contributed by atoms with Crippen LogP contribution in [0.4, 0.5) is 13.2 Å². The molecule has 1 fully saturated rings. The monoisotopic (exact) mass is 386 g/mol. The fraction of sp³-hybridized carbons (Fsp3) is 0.500. The van der Waals surface area contributed by atoms with Crippen molar-refractivity contribution in [3.8, 4) is 0 Å². The summed E-state index contributed by atoms with van der Waals surface area (Å²) >= 11 is 0. The van der Waals surface area contributed by atoms with Gasteiger partial charge in [0.25, 0.3) is 0 Å². The van der Waals surface area contributed by atoms with Crippen molar-refractivity contribution in [1.29, 1.82) is 0 Å². The van der Waals surface area contributed by atoms with Crippen LogP contribution in [0.2, 0.25) is 0 Å². The van der Waals surface area contributed by atoms with Crippen LogP contribution in [0.15, 0.2) is 30.3 Å². The van der Waals surface area contributed by atoms with Crippen LogP contribution in [0.3, 0.4) is 0 Å². The fourth-order valence-electron chi connectivity index (χ4n) is 3.13. The van der Waals surface area contributed by atoms with Crippen LogP contribution in [0.5, 0.6) is 0 Å². The molecule has 1 heterocycles. The van der Waals surface area contributed by atoms with Crippen molar-refractivity contribution >= 4 is 17.8 Å². The molecule has 148 valence electrons. The molecule has 1 N–H and O–H groups in total. The van der Waals surface area contributed by atoms with E-state index in [0.717, 1.165) is 10.5 Å². The Kier molecular flexibility index (Phi) is 6.45. The second kappa shape index (κ2) is 8.41. The highest BCUT2D eigenvalue weighted by Crippen LogP contribution is 2.37. The number of alkyl halides is 3. The molecule has 27 heavy (non-hydrogen) atoms. The van der Waals surface area contributed by atoms with Crippen LogP contribution in [0.1, 0.15) is 18.9 Å². The fourth-order valence-corrected chi connectivity index (χ4v) is 3.13. The highest BCUT2D eigenvalue weighted by Gasteiger charge is 2.53. The SMILES string of the molecule is CC(=O)N(CCC(=O)N1C[C@@H](C(F)(F)F)[C@H](C(=O)O)C1)Cc1ccccc1. The zero-order valence-corrected chi connectivity index (χ0v) is 14.8. The number of carboxylic acids is 1. The molecule has 0 radical (unpaired) electrons. The van der Waals surface area contributed by atoms with Crippen molar-refractivity contribution in [1.82, 2.24) is 9.80 Å². The summed E-state index contributed by atoms with van der Waals surface area (Å²) in [6, 6.07) is 9.10. The molecule has 0 saturated carbocycles. The number of amides is 2. The highest BCUT2D eigenvalue weighted by atomic mass is 19.4. The van der Waals surface area contributed by atoms with Crippen LogP contribution < -0.4 is 0 Å². The molecule has 0 aromatic heterocycles. The lowest BCUT2D eigenvalue weighted by atomic mass is 9.96. The van der Waals surface area contributed by atoms with Crippen LogP contribution in [0, 0.1) is 11.8 Å². The molecule has 2 rings (SSSR count). The van der Waals surface area contributed by atoms with Crippen molar-refractivity contribution < 1.29 is 32.7 Å². The number of benzene rings is 1. The van der Waals surface area contributed by atoms with E-state index in [1.54, 1.807) is 0 Å². The third-order valence-corrected chi connectivity index (χ3v) is 4.67. The number of likely N-dealkylation sites (tertiary alicyclic amines) is 1. The Balaban J connectivity index is 1.97. The molecule has 0 aliphatic carbocycles. The topological polar surface area (TPSA) is 77.9 Å². The van der Waals surface area contributed by atoms with E-state index < -0.39 is 43.0 Å². The number of hydrogen-bond donors (Lipinski definition) is 1. The zero-order chi connectivity index (χ0) is 20.2. The normalized spacial score (nSPS) is 19.8. The number of rotatable bonds is 6. The molecule has 1 aliphatic rings. The summed E-state index contributed by atoms with van der Waals surface area (Å²) in [6.45, 7) is 0.541. The van der Waals surface area contributed by atoms with Crippen LogP contribution in [-0.4, -0.2) is 58.5 Å². The first-order chi connectivity index (χ1) is 12.6. The van der Waals surface area contributed by atoms with Gasteiger partial charge in [0.15, 0.2) is 0 Å². The Morgan fingerprint density at radius 3 is 2.30 bits per heavy atom. The minimum Gasteiger partial charge on any atom is -0.481 e. The van der Waals surface area contributed by atoms with Gasteiger partial charge in [-0.05, 0) is 5.56 Å². The van der Waals surface area contributed by atoms with Crippen LogP contribution in [-0.2, 0) is 20.9 Å². The van der Waals surface area contributed by atoms with E-state index in [1.165, 1.54) is 11.8 Å². The standard InChI is InChI=1S/C18H21F3N2O4/c1-12(24)22(9-13-5-3-2-4-6-13)8-7-16(25)23-10-14(17(26)27)15(11-23)18(19,20)21/h2-6,14-15H,7-11H2,1H3,(H,26,27)/t14-,15-/m1/s1. The van der Waals surface area contributed by atoms with Gasteiger partial charge in [0.1, 0.15) is 0 Å². The maximum atomic E-state index is 13.0. The maximum absolute atomic E-state index is 13.0. The van der Waals surface area contributed by atoms with Gasteiger partial charge in [0.2, 0.25) is 11.8 Å². The molecular formula is C18H21F3N2O4. The van der Waals surface area contributed by atoms with Crippen molar-refractivity contribution in [2.45, 2.75) is 26.1 Å². The zero-order valence-electron chi connectivity index (χ0n) is 14.8. The lowest BCUT2D eigenvalue weighted by molar-refractivity contribution is -0.188. The summed E-state index contributed by atoms with van der Waals surface area (Å²) in [5, 5.41) is 9.01. The highest BCUT2D eigenvalue weighted by molar-refractivity contribution is 5.80. The van der Waals surface area contributed by atoms with Crippen molar-refractivity contribution in [3.05, 3.63) is 35.9 Å². The second-order valence-electron chi connectivity index (χ2n) is 6.57. The largest absolute Gasteiger partial charge is 0.481 e. The maximum Gasteiger partial charge on any atom is 0.394 e. The molecule has 1 aliphatic heterocycles. The molecule has 0 spiro atoms. The summed E-state index contributed by atoms with van der Waals surface area (Å²) in [7, 11) is 0. The predicted octanol–water partition coefficient (Wildman–Crippen LogP) is 2.15. The third kappa shape index (κ3) is 5.45. The Bertz CT molecular complexity index is 694. The third-order valence-electron chi connectivity index (χ3n) is 4.67. The number of hydrogen-bond acceptors (Lipinski definition) is 3. The quantitative estimate of drug-likeness (QED) is 0.813. The van der Waals surface area contributed by atoms with Crippen molar-refractivity contribution in [2.75, 3.05) is 19.6 Å². The Hall–Kier alpha value is -2.58. The molecule has 2 atom stereocenters. The van der Waals surface area contributed by atoms with E-state index in [9.17, 15) is 27.6 Å². The average Bonchev–Trinajstić information content (AvgIpc) is 3.05. The molecule has 6 nitrogen and oxygen atoms in total. The van der Waals surface area contributed by atoms with E-state index in [2.05, 4.69) is 0 Å². The van der Waals surface area contributed by atoms with Gasteiger partial charge in [0, 0.05) is 39.5 Å². The van der Waals surface area contributed by atoms with E-state index in [0.29, 0.717) is 0 Å². The number of aliphatic carboxylic acids is 1. The average molecular weight is 386 g/mol. The number of carbonyl (C=O) groups excluding carboxylic acids is 2.